The smallest absolute Gasteiger partial charge is 0.126 e. The lowest BCUT2D eigenvalue weighted by atomic mass is 10.1. The summed E-state index contributed by atoms with van der Waals surface area (Å²) in [6, 6.07) is 20.6. The third-order valence-electron chi connectivity index (χ3n) is 4.80. The fourth-order valence-electron chi connectivity index (χ4n) is 3.49. The minimum atomic E-state index is -0.467. The van der Waals surface area contributed by atoms with Gasteiger partial charge in [0.2, 0.25) is 0 Å². The first-order valence-corrected chi connectivity index (χ1v) is 9.02. The van der Waals surface area contributed by atoms with Crippen LogP contribution in [0.1, 0.15) is 11.1 Å². The van der Waals surface area contributed by atoms with Gasteiger partial charge in [-0.1, -0.05) is 60.7 Å². The summed E-state index contributed by atoms with van der Waals surface area (Å²) in [5.41, 5.74) is 2.44. The number of aliphatic hydroxyl groups is 1. The molecule has 25 heavy (non-hydrogen) atoms. The van der Waals surface area contributed by atoms with E-state index in [2.05, 4.69) is 24.3 Å². The highest BCUT2D eigenvalue weighted by molar-refractivity contribution is 5.14. The molecule has 0 aliphatic carbocycles. The molecule has 0 spiro atoms. The largest absolute Gasteiger partial charge is 0.385 e. The number of morpholine rings is 1. The molecular formula is C21H28NO3+. The van der Waals surface area contributed by atoms with Gasteiger partial charge in [-0.25, -0.2) is 0 Å². The molecule has 1 saturated heterocycles. The summed E-state index contributed by atoms with van der Waals surface area (Å²) in [5, 5.41) is 10.5. The Hall–Kier alpha value is -1.72. The molecule has 4 nitrogen and oxygen atoms in total. The summed E-state index contributed by atoms with van der Waals surface area (Å²) in [6.45, 7) is 5.92. The van der Waals surface area contributed by atoms with E-state index in [1.807, 2.05) is 36.4 Å². The molecule has 1 atom stereocenters. The highest BCUT2D eigenvalue weighted by Crippen LogP contribution is 2.19. The Bertz CT molecular complexity index is 612. The number of quaternary nitrogens is 1. The van der Waals surface area contributed by atoms with Gasteiger partial charge in [-0.3, -0.25) is 0 Å². The average molecular weight is 342 g/mol. The van der Waals surface area contributed by atoms with Gasteiger partial charge in [-0.2, -0.15) is 0 Å². The first-order chi connectivity index (χ1) is 12.3. The number of rotatable bonds is 8. The molecular weight excluding hydrogens is 314 g/mol. The zero-order valence-electron chi connectivity index (χ0n) is 14.7. The van der Waals surface area contributed by atoms with Crippen LogP contribution >= 0.6 is 0 Å². The van der Waals surface area contributed by atoms with E-state index in [1.165, 1.54) is 5.56 Å². The van der Waals surface area contributed by atoms with Gasteiger partial charge in [0.15, 0.2) is 0 Å². The van der Waals surface area contributed by atoms with Gasteiger partial charge in [0.25, 0.3) is 0 Å². The van der Waals surface area contributed by atoms with E-state index in [1.54, 1.807) is 0 Å². The van der Waals surface area contributed by atoms with Crippen LogP contribution in [-0.4, -0.2) is 55.1 Å². The second kappa shape index (κ2) is 9.11. The summed E-state index contributed by atoms with van der Waals surface area (Å²) >= 11 is 0. The van der Waals surface area contributed by atoms with Crippen molar-refractivity contribution in [3.63, 3.8) is 0 Å². The standard InChI is InChI=1S/C21H28NO3/c23-21(18-25-17-20-9-5-2-6-10-20)16-22(11-13-24-14-12-22)15-19-7-3-1-4-8-19/h1-10,21,23H,11-18H2/q+1/t21-/m0/s1. The fraction of sp³-hybridized carbons (Fsp3) is 0.429. The van der Waals surface area contributed by atoms with Crippen molar-refractivity contribution in [2.45, 2.75) is 19.3 Å². The monoisotopic (exact) mass is 342 g/mol. The molecule has 2 aromatic rings. The lowest BCUT2D eigenvalue weighted by Gasteiger charge is -2.42. The van der Waals surface area contributed by atoms with E-state index in [0.717, 1.165) is 42.9 Å². The second-order valence-corrected chi connectivity index (χ2v) is 6.88. The Labute approximate surface area is 150 Å². The minimum absolute atomic E-state index is 0.366. The Morgan fingerprint density at radius 1 is 0.920 bits per heavy atom. The van der Waals surface area contributed by atoms with Gasteiger partial charge in [0.1, 0.15) is 32.3 Å². The third kappa shape index (κ3) is 5.65. The summed E-state index contributed by atoms with van der Waals surface area (Å²) < 4.78 is 12.1. The molecule has 3 rings (SSSR count). The number of nitrogens with zero attached hydrogens (tertiary/aromatic N) is 1. The fourth-order valence-corrected chi connectivity index (χ4v) is 3.49. The molecule has 0 saturated carbocycles. The zero-order valence-corrected chi connectivity index (χ0v) is 14.7. The summed E-state index contributed by atoms with van der Waals surface area (Å²) in [7, 11) is 0. The average Bonchev–Trinajstić information content (AvgIpc) is 2.64. The first kappa shape index (κ1) is 18.1. The molecule has 1 fully saturated rings. The first-order valence-electron chi connectivity index (χ1n) is 9.02. The Morgan fingerprint density at radius 3 is 2.16 bits per heavy atom. The van der Waals surface area contributed by atoms with Crippen LogP contribution in [0, 0.1) is 0 Å². The van der Waals surface area contributed by atoms with Crippen LogP contribution in [0.25, 0.3) is 0 Å². The van der Waals surface area contributed by atoms with E-state index >= 15 is 0 Å². The van der Waals surface area contributed by atoms with Gasteiger partial charge >= 0.3 is 0 Å². The van der Waals surface area contributed by atoms with Crippen LogP contribution < -0.4 is 0 Å². The molecule has 1 N–H and O–H groups in total. The summed E-state index contributed by atoms with van der Waals surface area (Å²) in [5.74, 6) is 0. The molecule has 0 amide bonds. The van der Waals surface area contributed by atoms with Crippen molar-refractivity contribution in [3.05, 3.63) is 71.8 Å². The molecule has 1 aliphatic rings. The van der Waals surface area contributed by atoms with Crippen molar-refractivity contribution in [2.24, 2.45) is 0 Å². The van der Waals surface area contributed by atoms with Gasteiger partial charge in [0.05, 0.1) is 26.4 Å². The Kier molecular flexibility index (Phi) is 6.59. The van der Waals surface area contributed by atoms with Gasteiger partial charge in [0, 0.05) is 5.56 Å². The summed E-state index contributed by atoms with van der Waals surface area (Å²) in [6.07, 6.45) is -0.467. The summed E-state index contributed by atoms with van der Waals surface area (Å²) in [4.78, 5) is 0. The van der Waals surface area contributed by atoms with Crippen LogP contribution in [-0.2, 0) is 22.6 Å². The highest BCUT2D eigenvalue weighted by Gasteiger charge is 2.33. The van der Waals surface area contributed by atoms with E-state index < -0.39 is 6.10 Å². The van der Waals surface area contributed by atoms with Crippen molar-refractivity contribution in [2.75, 3.05) is 39.5 Å². The van der Waals surface area contributed by atoms with Gasteiger partial charge < -0.3 is 19.1 Å². The molecule has 134 valence electrons. The zero-order chi connectivity index (χ0) is 17.4. The number of ether oxygens (including phenoxy) is 2. The number of hydrogen-bond donors (Lipinski definition) is 1. The third-order valence-corrected chi connectivity index (χ3v) is 4.80. The normalized spacial score (nSPS) is 18.0. The number of aliphatic hydroxyl groups excluding tert-OH is 1. The molecule has 0 radical (unpaired) electrons. The molecule has 0 aromatic heterocycles. The Balaban J connectivity index is 1.54. The molecule has 2 aromatic carbocycles. The van der Waals surface area contributed by atoms with Crippen molar-refractivity contribution >= 4 is 0 Å². The lowest BCUT2D eigenvalue weighted by Crippen LogP contribution is -2.58. The van der Waals surface area contributed by atoms with Gasteiger partial charge in [-0.15, -0.1) is 0 Å². The molecule has 0 unspecified atom stereocenters. The SMILES string of the molecule is O[C@H](COCc1ccccc1)C[N+]1(Cc2ccccc2)CCOCC1. The highest BCUT2D eigenvalue weighted by atomic mass is 16.5. The molecule has 1 heterocycles. The minimum Gasteiger partial charge on any atom is -0.385 e. The van der Waals surface area contributed by atoms with Crippen LogP contribution in [0.15, 0.2) is 60.7 Å². The van der Waals surface area contributed by atoms with E-state index in [0.29, 0.717) is 19.8 Å². The Morgan fingerprint density at radius 2 is 1.52 bits per heavy atom. The molecule has 1 aliphatic heterocycles. The number of hydrogen-bond acceptors (Lipinski definition) is 3. The predicted molar refractivity (Wildman–Crippen MR) is 97.9 cm³/mol. The maximum atomic E-state index is 10.5. The van der Waals surface area contributed by atoms with Crippen molar-refractivity contribution in [3.8, 4) is 0 Å². The van der Waals surface area contributed by atoms with Crippen LogP contribution in [0.3, 0.4) is 0 Å². The topological polar surface area (TPSA) is 38.7 Å². The maximum Gasteiger partial charge on any atom is 0.126 e. The van der Waals surface area contributed by atoms with Crippen LogP contribution in [0.5, 0.6) is 0 Å². The quantitative estimate of drug-likeness (QED) is 0.750. The van der Waals surface area contributed by atoms with Crippen LogP contribution in [0.2, 0.25) is 0 Å². The number of benzene rings is 2. The second-order valence-electron chi connectivity index (χ2n) is 6.88. The van der Waals surface area contributed by atoms with E-state index in [-0.39, 0.29) is 0 Å². The van der Waals surface area contributed by atoms with E-state index in [4.69, 9.17) is 9.47 Å². The van der Waals surface area contributed by atoms with Crippen molar-refractivity contribution in [1.29, 1.82) is 0 Å². The molecule has 4 heteroatoms. The van der Waals surface area contributed by atoms with E-state index in [9.17, 15) is 5.11 Å². The lowest BCUT2D eigenvalue weighted by molar-refractivity contribution is -0.950. The van der Waals surface area contributed by atoms with Gasteiger partial charge in [-0.05, 0) is 5.56 Å². The van der Waals surface area contributed by atoms with Crippen molar-refractivity contribution in [1.82, 2.24) is 0 Å². The van der Waals surface area contributed by atoms with Crippen molar-refractivity contribution < 1.29 is 19.1 Å². The maximum absolute atomic E-state index is 10.5. The van der Waals surface area contributed by atoms with Crippen LogP contribution in [0.4, 0.5) is 0 Å². The molecule has 0 bridgehead atoms. The predicted octanol–water partition coefficient (Wildman–Crippen LogP) is 2.61.